The highest BCUT2D eigenvalue weighted by molar-refractivity contribution is 7.89. The third-order valence-electron chi connectivity index (χ3n) is 3.17. The molecule has 3 N–H and O–H groups in total. The van der Waals surface area contributed by atoms with Gasteiger partial charge in [-0.2, -0.15) is 0 Å². The minimum absolute atomic E-state index is 0.0385. The summed E-state index contributed by atoms with van der Waals surface area (Å²) in [7, 11) is -2.52. The Kier molecular flexibility index (Phi) is 4.24. The van der Waals surface area contributed by atoms with Gasteiger partial charge in [0.1, 0.15) is 9.77 Å². The second-order valence-corrected chi connectivity index (χ2v) is 7.03. The van der Waals surface area contributed by atoms with Crippen LogP contribution in [-0.4, -0.2) is 33.6 Å². The predicted octanol–water partition coefficient (Wildman–Crippen LogP) is 0.693. The maximum atomic E-state index is 12.3. The van der Waals surface area contributed by atoms with Crippen molar-refractivity contribution in [3.63, 3.8) is 0 Å². The van der Waals surface area contributed by atoms with Crippen LogP contribution in [0.2, 0.25) is 0 Å². The summed E-state index contributed by atoms with van der Waals surface area (Å²) in [5.74, 6) is -0.647. The molecule has 0 saturated heterocycles. The van der Waals surface area contributed by atoms with E-state index in [1.807, 2.05) is 0 Å². The highest BCUT2D eigenvalue weighted by Gasteiger charge is 2.31. The van der Waals surface area contributed by atoms with Gasteiger partial charge in [0.15, 0.2) is 0 Å². The Morgan fingerprint density at radius 2 is 2.26 bits per heavy atom. The lowest BCUT2D eigenvalue weighted by Crippen LogP contribution is -2.44. The molecule has 0 bridgehead atoms. The molecule has 1 aromatic rings. The van der Waals surface area contributed by atoms with Gasteiger partial charge in [-0.1, -0.05) is 6.42 Å². The first-order valence-electron chi connectivity index (χ1n) is 5.89. The van der Waals surface area contributed by atoms with Gasteiger partial charge in [-0.3, -0.25) is 0 Å². The Morgan fingerprint density at radius 1 is 1.53 bits per heavy atom. The molecule has 0 spiro atoms. The van der Waals surface area contributed by atoms with Gasteiger partial charge in [-0.15, -0.1) is 11.3 Å². The summed E-state index contributed by atoms with van der Waals surface area (Å²) >= 11 is 1.04. The molecule has 2 rings (SSSR count). The van der Waals surface area contributed by atoms with E-state index in [0.717, 1.165) is 30.6 Å². The zero-order valence-electron chi connectivity index (χ0n) is 10.5. The third kappa shape index (κ3) is 2.97. The number of hydrogen-bond donors (Lipinski definition) is 2. The molecular weight excluding hydrogens is 288 g/mol. The lowest BCUT2D eigenvalue weighted by molar-refractivity contribution is 0.0602. The van der Waals surface area contributed by atoms with E-state index < -0.39 is 16.0 Å². The van der Waals surface area contributed by atoms with E-state index in [9.17, 15) is 13.2 Å². The molecule has 1 heterocycles. The van der Waals surface area contributed by atoms with E-state index in [-0.39, 0.29) is 21.9 Å². The van der Waals surface area contributed by atoms with E-state index in [1.54, 1.807) is 5.38 Å². The van der Waals surface area contributed by atoms with Gasteiger partial charge in [-0.25, -0.2) is 17.9 Å². The first kappa shape index (κ1) is 14.4. The van der Waals surface area contributed by atoms with E-state index in [0.29, 0.717) is 0 Å². The molecule has 2 unspecified atom stereocenters. The fraction of sp³-hybridized carbons (Fsp3) is 0.545. The van der Waals surface area contributed by atoms with Crippen LogP contribution in [0.1, 0.15) is 28.9 Å². The van der Waals surface area contributed by atoms with Crippen molar-refractivity contribution in [2.24, 2.45) is 5.73 Å². The van der Waals surface area contributed by atoms with Crippen molar-refractivity contribution in [3.05, 3.63) is 16.3 Å². The van der Waals surface area contributed by atoms with Gasteiger partial charge in [0.2, 0.25) is 10.0 Å². The number of thiophene rings is 1. The van der Waals surface area contributed by atoms with E-state index in [2.05, 4.69) is 9.46 Å². The average Bonchev–Trinajstić information content (AvgIpc) is 2.98. The standard InChI is InChI=1S/C11H16N2O4S2/c1-17-11(14)10-9(5-6-18-10)19(15,16)13-8-4-2-3-7(8)12/h5-8,13H,2-4,12H2,1H3. The van der Waals surface area contributed by atoms with Crippen LogP contribution in [0.4, 0.5) is 0 Å². The average molecular weight is 304 g/mol. The highest BCUT2D eigenvalue weighted by Crippen LogP contribution is 2.25. The van der Waals surface area contributed by atoms with Crippen molar-refractivity contribution >= 4 is 27.3 Å². The lowest BCUT2D eigenvalue weighted by atomic mass is 10.2. The summed E-state index contributed by atoms with van der Waals surface area (Å²) in [6, 6.07) is 0.963. The number of carbonyl (C=O) groups is 1. The number of carbonyl (C=O) groups excluding carboxylic acids is 1. The number of ether oxygens (including phenoxy) is 1. The molecule has 0 amide bonds. The van der Waals surface area contributed by atoms with Crippen LogP contribution < -0.4 is 10.5 Å². The van der Waals surface area contributed by atoms with Crippen LogP contribution in [0.15, 0.2) is 16.3 Å². The summed E-state index contributed by atoms with van der Waals surface area (Å²) in [4.78, 5) is 11.6. The fourth-order valence-corrected chi connectivity index (χ4v) is 4.80. The molecule has 0 aromatic carbocycles. The van der Waals surface area contributed by atoms with Crippen molar-refractivity contribution < 1.29 is 17.9 Å². The number of rotatable bonds is 4. The molecule has 1 saturated carbocycles. The molecule has 106 valence electrons. The second kappa shape index (κ2) is 5.58. The number of sulfonamides is 1. The molecule has 6 nitrogen and oxygen atoms in total. The van der Waals surface area contributed by atoms with E-state index >= 15 is 0 Å². The van der Waals surface area contributed by atoms with Crippen molar-refractivity contribution in [2.45, 2.75) is 36.2 Å². The second-order valence-electron chi connectivity index (χ2n) is 4.43. The number of esters is 1. The van der Waals surface area contributed by atoms with Crippen molar-refractivity contribution in [1.29, 1.82) is 0 Å². The number of nitrogens with two attached hydrogens (primary N) is 1. The Balaban J connectivity index is 2.25. The third-order valence-corrected chi connectivity index (χ3v) is 5.72. The first-order valence-corrected chi connectivity index (χ1v) is 8.25. The summed E-state index contributed by atoms with van der Waals surface area (Å²) in [6.07, 6.45) is 2.43. The fourth-order valence-electron chi connectivity index (χ4n) is 2.15. The van der Waals surface area contributed by atoms with Crippen LogP contribution in [0.25, 0.3) is 0 Å². The molecule has 0 aliphatic heterocycles. The quantitative estimate of drug-likeness (QED) is 0.798. The van der Waals surface area contributed by atoms with Crippen LogP contribution >= 0.6 is 11.3 Å². The van der Waals surface area contributed by atoms with Crippen molar-refractivity contribution in [3.8, 4) is 0 Å². The molecule has 1 aliphatic carbocycles. The minimum atomic E-state index is -3.74. The number of nitrogens with one attached hydrogen (secondary N) is 1. The summed E-state index contributed by atoms with van der Waals surface area (Å²) in [6.45, 7) is 0. The van der Waals surface area contributed by atoms with Gasteiger partial charge in [-0.05, 0) is 24.3 Å². The molecule has 2 atom stereocenters. The lowest BCUT2D eigenvalue weighted by Gasteiger charge is -2.17. The molecule has 1 fully saturated rings. The molecule has 1 aliphatic rings. The van der Waals surface area contributed by atoms with Crippen LogP contribution in [0.3, 0.4) is 0 Å². The van der Waals surface area contributed by atoms with Gasteiger partial charge >= 0.3 is 5.97 Å². The highest BCUT2D eigenvalue weighted by atomic mass is 32.2. The number of hydrogen-bond acceptors (Lipinski definition) is 6. The maximum Gasteiger partial charge on any atom is 0.349 e. The summed E-state index contributed by atoms with van der Waals surface area (Å²) in [5, 5.41) is 1.55. The van der Waals surface area contributed by atoms with Crippen molar-refractivity contribution in [1.82, 2.24) is 4.72 Å². The predicted molar refractivity (Wildman–Crippen MR) is 71.6 cm³/mol. The van der Waals surface area contributed by atoms with Gasteiger partial charge < -0.3 is 10.5 Å². The molecule has 0 radical (unpaired) electrons. The van der Waals surface area contributed by atoms with Crippen molar-refractivity contribution in [2.75, 3.05) is 7.11 Å². The topological polar surface area (TPSA) is 98.5 Å². The Bertz CT molecular complexity index is 567. The molecular formula is C11H16N2O4S2. The largest absolute Gasteiger partial charge is 0.465 e. The minimum Gasteiger partial charge on any atom is -0.465 e. The summed E-state index contributed by atoms with van der Waals surface area (Å²) in [5.41, 5.74) is 5.85. The monoisotopic (exact) mass is 304 g/mol. The normalized spacial score (nSPS) is 23.5. The Morgan fingerprint density at radius 3 is 2.84 bits per heavy atom. The zero-order chi connectivity index (χ0) is 14.0. The Hall–Kier alpha value is -0.960. The molecule has 8 heteroatoms. The van der Waals surface area contributed by atoms with Crippen LogP contribution in [0.5, 0.6) is 0 Å². The SMILES string of the molecule is COC(=O)c1sccc1S(=O)(=O)NC1CCCC1N. The Labute approximate surface area is 116 Å². The zero-order valence-corrected chi connectivity index (χ0v) is 12.1. The smallest absolute Gasteiger partial charge is 0.349 e. The van der Waals surface area contributed by atoms with Gasteiger partial charge in [0, 0.05) is 12.1 Å². The van der Waals surface area contributed by atoms with Crippen LogP contribution in [0, 0.1) is 0 Å². The van der Waals surface area contributed by atoms with E-state index in [4.69, 9.17) is 5.73 Å². The first-order chi connectivity index (χ1) is 8.95. The van der Waals surface area contributed by atoms with Gasteiger partial charge in [0.05, 0.1) is 7.11 Å². The van der Waals surface area contributed by atoms with Gasteiger partial charge in [0.25, 0.3) is 0 Å². The summed E-state index contributed by atoms with van der Waals surface area (Å²) < 4.78 is 31.7. The van der Waals surface area contributed by atoms with E-state index in [1.165, 1.54) is 13.2 Å². The van der Waals surface area contributed by atoms with Crippen LogP contribution in [-0.2, 0) is 14.8 Å². The molecule has 1 aromatic heterocycles. The number of methoxy groups -OCH3 is 1. The maximum absolute atomic E-state index is 12.3. The molecule has 19 heavy (non-hydrogen) atoms.